The van der Waals surface area contributed by atoms with Crippen molar-refractivity contribution in [2.75, 3.05) is 0 Å². The van der Waals surface area contributed by atoms with Crippen LogP contribution >= 0.6 is 0 Å². The van der Waals surface area contributed by atoms with Crippen LogP contribution in [-0.4, -0.2) is 0 Å². The average molecular weight is 403 g/mol. The Balaban J connectivity index is 1.73. The highest BCUT2D eigenvalue weighted by Gasteiger charge is 2.32. The molecular formula is C27H40F2. The highest BCUT2D eigenvalue weighted by atomic mass is 19.2. The lowest BCUT2D eigenvalue weighted by molar-refractivity contribution is 0.144. The van der Waals surface area contributed by atoms with Gasteiger partial charge in [-0.05, 0) is 93.2 Å². The Labute approximate surface area is 177 Å². The molecule has 0 amide bonds. The van der Waals surface area contributed by atoms with Crippen molar-refractivity contribution in [2.45, 2.75) is 116 Å². The van der Waals surface area contributed by atoms with E-state index in [0.717, 1.165) is 18.4 Å². The lowest BCUT2D eigenvalue weighted by Gasteiger charge is -2.39. The summed E-state index contributed by atoms with van der Waals surface area (Å²) in [5, 5.41) is 0. The van der Waals surface area contributed by atoms with Crippen LogP contribution in [0, 0.1) is 17.0 Å². The fourth-order valence-electron chi connectivity index (χ4n) is 5.72. The quantitative estimate of drug-likeness (QED) is 0.270. The molecule has 2 aliphatic rings. The van der Waals surface area contributed by atoms with E-state index in [2.05, 4.69) is 13.0 Å². The number of hydrogen-bond acceptors (Lipinski definition) is 0. The van der Waals surface area contributed by atoms with Gasteiger partial charge in [-0.2, -0.15) is 0 Å². The molecule has 2 aliphatic carbocycles. The molecule has 1 aromatic rings. The number of benzene rings is 1. The molecule has 0 spiro atoms. The minimum Gasteiger partial charge on any atom is -0.204 e. The van der Waals surface area contributed by atoms with Gasteiger partial charge in [-0.15, -0.1) is 0 Å². The maximum Gasteiger partial charge on any atom is 0.159 e. The van der Waals surface area contributed by atoms with Crippen molar-refractivity contribution in [3.05, 3.63) is 47.0 Å². The Bertz CT molecular complexity index is 655. The summed E-state index contributed by atoms with van der Waals surface area (Å²) in [6, 6.07) is 4.62. The van der Waals surface area contributed by atoms with Gasteiger partial charge in [-0.1, -0.05) is 63.2 Å². The minimum absolute atomic E-state index is 0.319. The zero-order chi connectivity index (χ0) is 20.5. The molecule has 0 aliphatic heterocycles. The van der Waals surface area contributed by atoms with Crippen molar-refractivity contribution in [3.63, 3.8) is 0 Å². The Hall–Kier alpha value is -1.18. The van der Waals surface area contributed by atoms with E-state index >= 15 is 0 Å². The van der Waals surface area contributed by atoms with E-state index in [1.807, 2.05) is 6.07 Å². The van der Waals surface area contributed by atoms with E-state index in [-0.39, 0.29) is 0 Å². The van der Waals surface area contributed by atoms with Gasteiger partial charge in [-0.25, -0.2) is 8.78 Å². The van der Waals surface area contributed by atoms with E-state index < -0.39 is 11.6 Å². The van der Waals surface area contributed by atoms with Gasteiger partial charge in [0.05, 0.1) is 0 Å². The molecule has 29 heavy (non-hydrogen) atoms. The summed E-state index contributed by atoms with van der Waals surface area (Å²) in [5.41, 5.74) is 3.02. The molecule has 1 atom stereocenters. The number of halogens is 2. The second-order valence-corrected chi connectivity index (χ2v) is 9.74. The number of rotatable bonds is 10. The zero-order valence-corrected chi connectivity index (χ0v) is 18.5. The Morgan fingerprint density at radius 2 is 1.76 bits per heavy atom. The highest BCUT2D eigenvalue weighted by molar-refractivity contribution is 5.24. The number of allylic oxidation sites excluding steroid dienone is 2. The summed E-state index contributed by atoms with van der Waals surface area (Å²) >= 11 is 0. The van der Waals surface area contributed by atoms with Crippen LogP contribution < -0.4 is 0 Å². The molecule has 1 unspecified atom stereocenters. The lowest BCUT2D eigenvalue weighted by atomic mass is 9.66. The molecule has 0 radical (unpaired) electrons. The van der Waals surface area contributed by atoms with Crippen molar-refractivity contribution in [3.8, 4) is 0 Å². The van der Waals surface area contributed by atoms with Crippen molar-refractivity contribution < 1.29 is 8.78 Å². The first-order valence-corrected chi connectivity index (χ1v) is 12.2. The molecule has 1 aromatic carbocycles. The first-order valence-electron chi connectivity index (χ1n) is 12.2. The molecule has 0 heterocycles. The average Bonchev–Trinajstić information content (AvgIpc) is 2.75. The van der Waals surface area contributed by atoms with E-state index in [0.29, 0.717) is 11.3 Å². The van der Waals surface area contributed by atoms with Crippen molar-refractivity contribution in [1.29, 1.82) is 0 Å². The second-order valence-electron chi connectivity index (χ2n) is 9.74. The molecule has 0 aromatic heterocycles. The third-order valence-corrected chi connectivity index (χ3v) is 7.56. The highest BCUT2D eigenvalue weighted by Crippen LogP contribution is 2.46. The zero-order valence-electron chi connectivity index (χ0n) is 18.5. The molecule has 0 saturated heterocycles. The van der Waals surface area contributed by atoms with E-state index in [9.17, 15) is 8.78 Å². The van der Waals surface area contributed by atoms with Crippen molar-refractivity contribution in [2.24, 2.45) is 5.41 Å². The summed E-state index contributed by atoms with van der Waals surface area (Å²) in [7, 11) is 0. The first-order chi connectivity index (χ1) is 14.1. The first kappa shape index (κ1) is 22.5. The molecular weight excluding hydrogens is 362 g/mol. The number of unbranched alkanes of at least 4 members (excludes halogenated alkanes) is 2. The molecule has 162 valence electrons. The summed E-state index contributed by atoms with van der Waals surface area (Å²) in [6.07, 6.45) is 22.9. The molecule has 0 nitrogen and oxygen atoms in total. The largest absolute Gasteiger partial charge is 0.204 e. The molecule has 1 saturated carbocycles. The van der Waals surface area contributed by atoms with E-state index in [1.54, 1.807) is 0 Å². The van der Waals surface area contributed by atoms with Crippen LogP contribution in [0.25, 0.3) is 0 Å². The predicted molar refractivity (Wildman–Crippen MR) is 119 cm³/mol. The smallest absolute Gasteiger partial charge is 0.159 e. The van der Waals surface area contributed by atoms with Gasteiger partial charge in [0.2, 0.25) is 0 Å². The lowest BCUT2D eigenvalue weighted by Crippen LogP contribution is -2.25. The third kappa shape index (κ3) is 6.66. The molecule has 0 bridgehead atoms. The van der Waals surface area contributed by atoms with Gasteiger partial charge in [0.15, 0.2) is 11.6 Å². The van der Waals surface area contributed by atoms with Gasteiger partial charge >= 0.3 is 0 Å². The van der Waals surface area contributed by atoms with Gasteiger partial charge in [0, 0.05) is 0 Å². The second kappa shape index (κ2) is 11.3. The van der Waals surface area contributed by atoms with Crippen LogP contribution in [0.15, 0.2) is 29.8 Å². The SMILES string of the molecule is CCCCCC1(CCC(CC2=CCCCC2)c2ccc(F)c(F)c2)CCCCC1. The van der Waals surface area contributed by atoms with Crippen LogP contribution in [0.3, 0.4) is 0 Å². The fraction of sp³-hybridized carbons (Fsp3) is 0.704. The summed E-state index contributed by atoms with van der Waals surface area (Å²) in [5.74, 6) is -1.10. The van der Waals surface area contributed by atoms with Gasteiger partial charge < -0.3 is 0 Å². The molecule has 1 fully saturated rings. The summed E-state index contributed by atoms with van der Waals surface area (Å²) < 4.78 is 27.5. The molecule has 0 N–H and O–H groups in total. The van der Waals surface area contributed by atoms with E-state index in [4.69, 9.17) is 0 Å². The predicted octanol–water partition coefficient (Wildman–Crippen LogP) is 9.25. The van der Waals surface area contributed by atoms with E-state index in [1.165, 1.54) is 108 Å². The Morgan fingerprint density at radius 3 is 2.45 bits per heavy atom. The number of hydrogen-bond donors (Lipinski definition) is 0. The molecule has 3 rings (SSSR count). The Morgan fingerprint density at radius 1 is 0.931 bits per heavy atom. The summed E-state index contributed by atoms with van der Waals surface area (Å²) in [6.45, 7) is 2.28. The molecule has 2 heteroatoms. The normalized spacial score (nSPS) is 20.3. The maximum atomic E-state index is 14.0. The van der Waals surface area contributed by atoms with Crippen LogP contribution in [0.1, 0.15) is 121 Å². The fourth-order valence-corrected chi connectivity index (χ4v) is 5.72. The maximum absolute atomic E-state index is 14.0. The minimum atomic E-state index is -0.729. The topological polar surface area (TPSA) is 0 Å². The van der Waals surface area contributed by atoms with Gasteiger partial charge in [0.1, 0.15) is 0 Å². The van der Waals surface area contributed by atoms with Crippen LogP contribution in [0.2, 0.25) is 0 Å². The Kier molecular flexibility index (Phi) is 8.75. The van der Waals surface area contributed by atoms with Crippen LogP contribution in [0.4, 0.5) is 8.78 Å². The van der Waals surface area contributed by atoms with Gasteiger partial charge in [-0.3, -0.25) is 0 Å². The third-order valence-electron chi connectivity index (χ3n) is 7.56. The van der Waals surface area contributed by atoms with Gasteiger partial charge in [0.25, 0.3) is 0 Å². The van der Waals surface area contributed by atoms with Crippen LogP contribution in [0.5, 0.6) is 0 Å². The monoisotopic (exact) mass is 402 g/mol. The van der Waals surface area contributed by atoms with Crippen LogP contribution in [-0.2, 0) is 0 Å². The summed E-state index contributed by atoms with van der Waals surface area (Å²) in [4.78, 5) is 0. The van der Waals surface area contributed by atoms with Crippen molar-refractivity contribution >= 4 is 0 Å². The standard InChI is InChI=1S/C27H40F2/c1-2-3-8-16-27(17-9-5-10-18-27)19-15-24(20-22-11-6-4-7-12-22)23-13-14-25(28)26(29)21-23/h11,13-14,21,24H,2-10,12,15-20H2,1H3. The van der Waals surface area contributed by atoms with Crippen molar-refractivity contribution in [1.82, 2.24) is 0 Å².